The van der Waals surface area contributed by atoms with Gasteiger partial charge in [-0.1, -0.05) is 6.07 Å². The summed E-state index contributed by atoms with van der Waals surface area (Å²) >= 11 is 0. The number of ether oxygens (including phenoxy) is 2. The van der Waals surface area contributed by atoms with E-state index in [9.17, 15) is 46.0 Å². The number of hydrogen-bond acceptors (Lipinski definition) is 14. The van der Waals surface area contributed by atoms with Crippen molar-refractivity contribution < 1.29 is 60.0 Å². The Morgan fingerprint density at radius 2 is 1.80 bits per heavy atom. The molecule has 5 N–H and O–H groups in total. The minimum absolute atomic E-state index is 0.0126. The molecule has 3 aromatic heterocycles. The zero-order valence-corrected chi connectivity index (χ0v) is 36.4. The predicted octanol–water partition coefficient (Wildman–Crippen LogP) is 1.31. The van der Waals surface area contributed by atoms with Gasteiger partial charge in [0.15, 0.2) is 11.3 Å². The first-order valence-corrected chi connectivity index (χ1v) is 23.5. The summed E-state index contributed by atoms with van der Waals surface area (Å²) in [7, 11) is -3.99. The highest BCUT2D eigenvalue weighted by Gasteiger charge is 2.46. The second-order valence-corrected chi connectivity index (χ2v) is 18.9. The Hall–Kier alpha value is -6.40. The summed E-state index contributed by atoms with van der Waals surface area (Å²) in [6, 6.07) is 5.22. The van der Waals surface area contributed by atoms with E-state index < -0.39 is 69.5 Å². The molecule has 1 saturated carbocycles. The molecule has 21 nitrogen and oxygen atoms in total. The molecule has 1 aliphatic carbocycles. The van der Waals surface area contributed by atoms with E-state index in [0.29, 0.717) is 63.3 Å². The van der Waals surface area contributed by atoms with Crippen LogP contribution in [0.1, 0.15) is 107 Å². The molecular formula is C42H48F2N11O10S+. The maximum Gasteiger partial charge on any atom is 0.363 e. The molecule has 24 heteroatoms. The van der Waals surface area contributed by atoms with Crippen molar-refractivity contribution in [2.45, 2.75) is 88.4 Å². The predicted molar refractivity (Wildman–Crippen MR) is 226 cm³/mol. The number of fused-ring (bicyclic) bond motifs is 4. The SMILES string of the molecule is NC(=O)c1cn(-c2cn(C3CCC(C(=O)NS(=O)(=O)CCCOCCCNc4cccc5c4C(=O)N(C4CCC(=O)NC4=O)C5=O)CC3)nc2C(F)F)[n+]2ccc(N3CC4CC3CO4)nc12. The second kappa shape index (κ2) is 18.1. The molecule has 3 unspecified atom stereocenters. The third-order valence-corrected chi connectivity index (χ3v) is 14.2. The van der Waals surface area contributed by atoms with Gasteiger partial charge in [0, 0.05) is 50.4 Å². The zero-order chi connectivity index (χ0) is 46.4. The summed E-state index contributed by atoms with van der Waals surface area (Å²) in [5, 5.41) is 9.53. The van der Waals surface area contributed by atoms with Crippen molar-refractivity contribution in [2.75, 3.05) is 48.9 Å². The fourth-order valence-corrected chi connectivity index (χ4v) is 10.6. The molecule has 9 rings (SSSR count). The number of sulfonamides is 1. The molecule has 66 heavy (non-hydrogen) atoms. The summed E-state index contributed by atoms with van der Waals surface area (Å²) in [4.78, 5) is 83.7. The summed E-state index contributed by atoms with van der Waals surface area (Å²) in [6.07, 6.45) is 4.43. The Bertz CT molecular complexity index is 2740. The number of amides is 6. The first kappa shape index (κ1) is 44.8. The Labute approximate surface area is 376 Å². The second-order valence-electron chi connectivity index (χ2n) is 17.1. The molecule has 0 spiro atoms. The number of anilines is 2. The van der Waals surface area contributed by atoms with Crippen LogP contribution in [0.3, 0.4) is 0 Å². The largest absolute Gasteiger partial charge is 0.384 e. The molecule has 0 radical (unpaired) electrons. The van der Waals surface area contributed by atoms with Crippen LogP contribution in [0.25, 0.3) is 11.3 Å². The van der Waals surface area contributed by atoms with E-state index >= 15 is 0 Å². The van der Waals surface area contributed by atoms with Crippen LogP contribution < -0.4 is 30.5 Å². The minimum atomic E-state index is -3.99. The summed E-state index contributed by atoms with van der Waals surface area (Å²) < 4.78 is 72.5. The van der Waals surface area contributed by atoms with Gasteiger partial charge in [-0.2, -0.15) is 9.78 Å². The Balaban J connectivity index is 0.728. The van der Waals surface area contributed by atoms with Crippen molar-refractivity contribution in [3.05, 3.63) is 65.2 Å². The lowest BCUT2D eigenvalue weighted by molar-refractivity contribution is -0.600. The summed E-state index contributed by atoms with van der Waals surface area (Å²) in [5.74, 6) is -4.17. The van der Waals surface area contributed by atoms with E-state index in [1.807, 2.05) is 0 Å². The van der Waals surface area contributed by atoms with Crippen LogP contribution in [0, 0.1) is 5.92 Å². The van der Waals surface area contributed by atoms with E-state index in [-0.39, 0.29) is 84.4 Å². The van der Waals surface area contributed by atoms with Crippen LogP contribution in [-0.2, 0) is 33.9 Å². The standard InChI is InChI=1S/C42H47F2N11O10S/c43-36(44)35-31(54-20-28(37(45)57)38-47-32(12-14-53(38)54)51-19-26-18-25(51)22-65-26)21-52(49-35)24-8-6-23(7-9-24)39(58)50-66(62,63)17-3-16-64-15-2-13-46-29-5-1-4-27-34(29)42(61)55(41(27)60)30-10-11-33(56)48-40(30)59/h1,4-5,12,14,20-21,23-26,30,36H,2-3,6-11,13,15-19,22H2,(H4-,45,46,48,50,56,57,58,59,61)/p+1. The van der Waals surface area contributed by atoms with Crippen LogP contribution >= 0.6 is 0 Å². The number of morpholine rings is 1. The van der Waals surface area contributed by atoms with Crippen LogP contribution in [0.15, 0.2) is 42.9 Å². The van der Waals surface area contributed by atoms with E-state index in [2.05, 4.69) is 25.4 Å². The number of halogens is 2. The molecule has 3 saturated heterocycles. The topological polar surface area (TPSA) is 263 Å². The Morgan fingerprint density at radius 3 is 2.52 bits per heavy atom. The number of carbonyl (C=O) groups is 6. The van der Waals surface area contributed by atoms with Gasteiger partial charge in [-0.3, -0.25) is 48.4 Å². The third kappa shape index (κ3) is 8.70. The molecule has 1 aromatic carbocycles. The van der Waals surface area contributed by atoms with Gasteiger partial charge in [-0.25, -0.2) is 17.2 Å². The number of nitrogens with two attached hydrogens (primary N) is 1. The highest BCUT2D eigenvalue weighted by atomic mass is 32.2. The van der Waals surface area contributed by atoms with Crippen molar-refractivity contribution in [3.63, 3.8) is 0 Å². The normalized spacial score (nSPS) is 23.0. The van der Waals surface area contributed by atoms with E-state index in [1.54, 1.807) is 24.4 Å². The fraction of sp³-hybridized carbons (Fsp3) is 0.500. The molecular weight excluding hydrogens is 889 g/mol. The fourth-order valence-electron chi connectivity index (χ4n) is 9.52. The molecule has 3 atom stereocenters. The van der Waals surface area contributed by atoms with Crippen LogP contribution in [-0.4, -0.2) is 125 Å². The van der Waals surface area contributed by atoms with Crippen LogP contribution in [0.2, 0.25) is 0 Å². The number of hydrogen-bond donors (Lipinski definition) is 4. The van der Waals surface area contributed by atoms with E-state index in [1.165, 1.54) is 32.3 Å². The summed E-state index contributed by atoms with van der Waals surface area (Å²) in [5.41, 5.74) is 6.16. The lowest BCUT2D eigenvalue weighted by atomic mass is 9.86. The van der Waals surface area contributed by atoms with Crippen LogP contribution in [0.4, 0.5) is 20.3 Å². The highest BCUT2D eigenvalue weighted by Crippen LogP contribution is 2.36. The molecule has 4 fully saturated rings. The van der Waals surface area contributed by atoms with E-state index in [0.717, 1.165) is 11.3 Å². The number of aromatic nitrogens is 5. The molecule has 350 valence electrons. The lowest BCUT2D eigenvalue weighted by Gasteiger charge is -2.27. The van der Waals surface area contributed by atoms with Gasteiger partial charge in [0.2, 0.25) is 33.6 Å². The first-order chi connectivity index (χ1) is 31.7. The Kier molecular flexibility index (Phi) is 12.3. The van der Waals surface area contributed by atoms with Gasteiger partial charge in [0.1, 0.15) is 17.9 Å². The van der Waals surface area contributed by atoms with Gasteiger partial charge < -0.3 is 25.4 Å². The number of rotatable bonds is 17. The third-order valence-electron chi connectivity index (χ3n) is 12.8. The van der Waals surface area contributed by atoms with Gasteiger partial charge in [-0.05, 0) is 68.5 Å². The van der Waals surface area contributed by atoms with Gasteiger partial charge in [0.25, 0.3) is 24.1 Å². The summed E-state index contributed by atoms with van der Waals surface area (Å²) in [6.45, 7) is 1.90. The maximum atomic E-state index is 14.5. The van der Waals surface area contributed by atoms with Gasteiger partial charge >= 0.3 is 5.65 Å². The molecule has 7 heterocycles. The van der Waals surface area contributed by atoms with Crippen molar-refractivity contribution in [1.29, 1.82) is 0 Å². The number of primary amides is 1. The monoisotopic (exact) mass is 936 g/mol. The number of alkyl halides is 2. The molecule has 5 aliphatic rings. The smallest absolute Gasteiger partial charge is 0.363 e. The van der Waals surface area contributed by atoms with E-state index in [4.69, 9.17) is 20.2 Å². The molecule has 4 aromatic rings. The van der Waals surface area contributed by atoms with Crippen molar-refractivity contribution in [3.8, 4) is 5.69 Å². The zero-order valence-electron chi connectivity index (χ0n) is 35.6. The minimum Gasteiger partial charge on any atom is -0.384 e. The number of benzene rings is 1. The molecule has 2 bridgehead atoms. The number of piperidine rings is 1. The van der Waals surface area contributed by atoms with Gasteiger partial charge in [-0.15, -0.1) is 4.52 Å². The molecule has 6 amide bonds. The quantitative estimate of drug-likeness (QED) is 0.0661. The van der Waals surface area contributed by atoms with Crippen molar-refractivity contribution >= 4 is 62.6 Å². The average molecular weight is 937 g/mol. The van der Waals surface area contributed by atoms with Crippen molar-refractivity contribution in [1.82, 2.24) is 34.4 Å². The number of carbonyl (C=O) groups excluding carboxylic acids is 6. The van der Waals surface area contributed by atoms with Crippen LogP contribution in [0.5, 0.6) is 0 Å². The maximum absolute atomic E-state index is 14.5. The number of nitrogens with one attached hydrogen (secondary N) is 3. The average Bonchev–Trinajstić information content (AvgIpc) is 4.14. The number of nitrogens with zero attached hydrogens (tertiary/aromatic N) is 7. The Morgan fingerprint density at radius 1 is 1.02 bits per heavy atom. The first-order valence-electron chi connectivity index (χ1n) is 21.9. The van der Waals surface area contributed by atoms with Gasteiger partial charge in [0.05, 0.1) is 54.1 Å². The number of imide groups is 2. The lowest BCUT2D eigenvalue weighted by Crippen LogP contribution is -2.54. The van der Waals surface area contributed by atoms with Crippen molar-refractivity contribution in [2.24, 2.45) is 11.7 Å². The highest BCUT2D eigenvalue weighted by molar-refractivity contribution is 7.90. The molecule has 4 aliphatic heterocycles.